The third-order valence-electron chi connectivity index (χ3n) is 6.15. The van der Waals surface area contributed by atoms with Gasteiger partial charge in [0.15, 0.2) is 0 Å². The van der Waals surface area contributed by atoms with Gasteiger partial charge in [0.25, 0.3) is 0 Å². The molecule has 0 aromatic heterocycles. The molecule has 0 radical (unpaired) electrons. The van der Waals surface area contributed by atoms with E-state index in [1.54, 1.807) is 0 Å². The van der Waals surface area contributed by atoms with Gasteiger partial charge < -0.3 is 28.4 Å². The Labute approximate surface area is 213 Å². The number of ether oxygens (including phenoxy) is 6. The highest BCUT2D eigenvalue weighted by atomic mass is 16.6. The Morgan fingerprint density at radius 1 is 0.472 bits per heavy atom. The number of hydrogen-bond donors (Lipinski definition) is 0. The molecule has 2 unspecified atom stereocenters. The van der Waals surface area contributed by atoms with Gasteiger partial charge >= 0.3 is 0 Å². The number of hydrogen-bond acceptors (Lipinski definition) is 6. The quantitative estimate of drug-likeness (QED) is 0.211. The molecule has 0 spiro atoms. The molecule has 190 valence electrons. The molecule has 2 atom stereocenters. The molecule has 2 heterocycles. The summed E-state index contributed by atoms with van der Waals surface area (Å²) >= 11 is 0. The lowest BCUT2D eigenvalue weighted by atomic mass is 9.99. The van der Waals surface area contributed by atoms with Gasteiger partial charge in [-0.2, -0.15) is 0 Å². The van der Waals surface area contributed by atoms with Gasteiger partial charge in [0.2, 0.25) is 0 Å². The minimum atomic E-state index is 0.307. The van der Waals surface area contributed by atoms with Crippen LogP contribution >= 0.6 is 0 Å². The second kappa shape index (κ2) is 13.1. The third kappa shape index (κ3) is 8.23. The van der Waals surface area contributed by atoms with Gasteiger partial charge in [0.05, 0.1) is 66.1 Å². The predicted molar refractivity (Wildman–Crippen MR) is 138 cm³/mol. The minimum absolute atomic E-state index is 0.307. The minimum Gasteiger partial charge on any atom is -0.376 e. The first-order chi connectivity index (χ1) is 17.8. The Morgan fingerprint density at radius 3 is 1.11 bits per heavy atom. The average Bonchev–Trinajstić information content (AvgIpc) is 3.85. The van der Waals surface area contributed by atoms with Gasteiger partial charge in [0, 0.05) is 0 Å². The van der Waals surface area contributed by atoms with Crippen molar-refractivity contribution in [1.82, 2.24) is 0 Å². The smallest absolute Gasteiger partial charge is 0.104 e. The third-order valence-corrected chi connectivity index (χ3v) is 6.15. The standard InChI is InChI=1S/C30H34O6/c1-5-25(6-2-23(1)17-31-13-15-33-19-29-21-35-29)27-9-11-28(12-10-27)26-7-3-24(4-8-26)18-32-14-16-34-20-30-22-36-30/h1-12,29-30H,13-22H2. The van der Waals surface area contributed by atoms with Gasteiger partial charge in [-0.3, -0.25) is 0 Å². The fourth-order valence-electron chi connectivity index (χ4n) is 3.82. The molecule has 6 nitrogen and oxygen atoms in total. The van der Waals surface area contributed by atoms with Crippen molar-refractivity contribution in [3.8, 4) is 22.3 Å². The first kappa shape index (κ1) is 25.1. The maximum Gasteiger partial charge on any atom is 0.104 e. The molecule has 6 heteroatoms. The zero-order valence-electron chi connectivity index (χ0n) is 20.6. The largest absolute Gasteiger partial charge is 0.376 e. The summed E-state index contributed by atoms with van der Waals surface area (Å²) in [6.45, 7) is 6.57. The Kier molecular flexibility index (Phi) is 9.13. The topological polar surface area (TPSA) is 62.0 Å². The van der Waals surface area contributed by atoms with E-state index >= 15 is 0 Å². The lowest BCUT2D eigenvalue weighted by molar-refractivity contribution is 0.0353. The summed E-state index contributed by atoms with van der Waals surface area (Å²) in [5.41, 5.74) is 7.10. The van der Waals surface area contributed by atoms with Crippen LogP contribution in [0.3, 0.4) is 0 Å². The molecule has 0 saturated carbocycles. The normalized spacial score (nSPS) is 18.3. The van der Waals surface area contributed by atoms with Crippen LogP contribution in [0.5, 0.6) is 0 Å². The summed E-state index contributed by atoms with van der Waals surface area (Å²) in [5, 5.41) is 0. The van der Waals surface area contributed by atoms with Crippen LogP contribution in [0.4, 0.5) is 0 Å². The first-order valence-electron chi connectivity index (χ1n) is 12.7. The molecule has 0 N–H and O–H groups in total. The Balaban J connectivity index is 1.03. The van der Waals surface area contributed by atoms with Crippen LogP contribution in [0.25, 0.3) is 22.3 Å². The van der Waals surface area contributed by atoms with Gasteiger partial charge in [0.1, 0.15) is 12.2 Å². The Morgan fingerprint density at radius 2 is 0.778 bits per heavy atom. The van der Waals surface area contributed by atoms with Crippen LogP contribution in [0, 0.1) is 0 Å². The van der Waals surface area contributed by atoms with Crippen LogP contribution in [-0.4, -0.2) is 65.1 Å². The average molecular weight is 491 g/mol. The van der Waals surface area contributed by atoms with Crippen molar-refractivity contribution >= 4 is 0 Å². The zero-order chi connectivity index (χ0) is 24.4. The molecule has 2 saturated heterocycles. The van der Waals surface area contributed by atoms with Crippen molar-refractivity contribution in [3.63, 3.8) is 0 Å². The van der Waals surface area contributed by atoms with Gasteiger partial charge in [-0.05, 0) is 33.4 Å². The Bertz CT molecular complexity index is 954. The molecular formula is C30H34O6. The van der Waals surface area contributed by atoms with E-state index in [1.807, 2.05) is 0 Å². The number of rotatable bonds is 16. The molecule has 36 heavy (non-hydrogen) atoms. The van der Waals surface area contributed by atoms with Crippen LogP contribution in [-0.2, 0) is 41.6 Å². The molecule has 3 aromatic carbocycles. The number of benzene rings is 3. The fourth-order valence-corrected chi connectivity index (χ4v) is 3.82. The highest BCUT2D eigenvalue weighted by Crippen LogP contribution is 2.26. The molecule has 0 bridgehead atoms. The summed E-state index contributed by atoms with van der Waals surface area (Å²) in [4.78, 5) is 0. The van der Waals surface area contributed by atoms with Crippen LogP contribution in [0.1, 0.15) is 11.1 Å². The summed E-state index contributed by atoms with van der Waals surface area (Å²) < 4.78 is 32.6. The molecule has 2 aliphatic rings. The van der Waals surface area contributed by atoms with Crippen molar-refractivity contribution in [3.05, 3.63) is 83.9 Å². The summed E-state index contributed by atoms with van der Waals surface area (Å²) in [6.07, 6.45) is 0.613. The maximum atomic E-state index is 5.70. The SMILES string of the molecule is c1cc(-c2ccc(-c3ccc(COCCOCC4CO4)cc3)cc2)ccc1COCCOCC1CO1. The fraction of sp³-hybridized carbons (Fsp3) is 0.400. The van der Waals surface area contributed by atoms with Gasteiger partial charge in [-0.15, -0.1) is 0 Å². The van der Waals surface area contributed by atoms with E-state index in [0.717, 1.165) is 24.3 Å². The summed E-state index contributed by atoms with van der Waals surface area (Å²) in [6, 6.07) is 25.8. The molecule has 0 amide bonds. The Hall–Kier alpha value is -2.58. The lowest BCUT2D eigenvalue weighted by Gasteiger charge is -2.09. The molecule has 0 aliphatic carbocycles. The van der Waals surface area contributed by atoms with Crippen molar-refractivity contribution in [2.75, 3.05) is 52.9 Å². The molecule has 2 aliphatic heterocycles. The van der Waals surface area contributed by atoms with Crippen molar-refractivity contribution in [2.24, 2.45) is 0 Å². The monoisotopic (exact) mass is 490 g/mol. The highest BCUT2D eigenvalue weighted by Gasteiger charge is 2.22. The predicted octanol–water partition coefficient (Wildman–Crippen LogP) is 4.88. The molecule has 2 fully saturated rings. The highest BCUT2D eigenvalue weighted by molar-refractivity contribution is 5.70. The summed E-state index contributed by atoms with van der Waals surface area (Å²) in [5.74, 6) is 0. The maximum absolute atomic E-state index is 5.70. The summed E-state index contributed by atoms with van der Waals surface area (Å²) in [7, 11) is 0. The molecular weight excluding hydrogens is 456 g/mol. The van der Waals surface area contributed by atoms with E-state index in [4.69, 9.17) is 28.4 Å². The molecule has 5 rings (SSSR count). The van der Waals surface area contributed by atoms with E-state index in [-0.39, 0.29) is 0 Å². The second-order valence-electron chi connectivity index (χ2n) is 9.14. The second-order valence-corrected chi connectivity index (χ2v) is 9.14. The van der Waals surface area contributed by atoms with Crippen molar-refractivity contribution in [1.29, 1.82) is 0 Å². The molecule has 3 aromatic rings. The first-order valence-corrected chi connectivity index (χ1v) is 12.7. The van der Waals surface area contributed by atoms with E-state index in [0.29, 0.717) is 65.1 Å². The van der Waals surface area contributed by atoms with E-state index in [9.17, 15) is 0 Å². The van der Waals surface area contributed by atoms with Gasteiger partial charge in [-0.1, -0.05) is 72.8 Å². The van der Waals surface area contributed by atoms with E-state index < -0.39 is 0 Å². The van der Waals surface area contributed by atoms with Crippen LogP contribution in [0.15, 0.2) is 72.8 Å². The van der Waals surface area contributed by atoms with Gasteiger partial charge in [-0.25, -0.2) is 0 Å². The van der Waals surface area contributed by atoms with E-state index in [1.165, 1.54) is 22.3 Å². The lowest BCUT2D eigenvalue weighted by Crippen LogP contribution is -2.08. The van der Waals surface area contributed by atoms with Crippen LogP contribution in [0.2, 0.25) is 0 Å². The van der Waals surface area contributed by atoms with E-state index in [2.05, 4.69) is 72.8 Å². The number of epoxide rings is 2. The van der Waals surface area contributed by atoms with Crippen molar-refractivity contribution in [2.45, 2.75) is 25.4 Å². The van der Waals surface area contributed by atoms with Crippen LogP contribution < -0.4 is 0 Å². The van der Waals surface area contributed by atoms with Crippen molar-refractivity contribution < 1.29 is 28.4 Å². The zero-order valence-corrected chi connectivity index (χ0v) is 20.6.